The minimum absolute atomic E-state index is 0.151. The van der Waals surface area contributed by atoms with Crippen LogP contribution in [0.5, 0.6) is 0 Å². The number of fused-ring (bicyclic) bond motifs is 3. The van der Waals surface area contributed by atoms with Gasteiger partial charge < -0.3 is 5.32 Å². The Bertz CT molecular complexity index is 1520. The van der Waals surface area contributed by atoms with Crippen LogP contribution in [0.1, 0.15) is 12.5 Å². The molecule has 0 unspecified atom stereocenters. The molecule has 0 saturated heterocycles. The van der Waals surface area contributed by atoms with Gasteiger partial charge in [-0.15, -0.1) is 10.2 Å². The number of halogens is 1. The second-order valence-corrected chi connectivity index (χ2v) is 7.45. The van der Waals surface area contributed by atoms with Crippen LogP contribution in [0.15, 0.2) is 77.6 Å². The smallest absolute Gasteiger partial charge is 0.263 e. The van der Waals surface area contributed by atoms with E-state index < -0.39 is 0 Å². The molecule has 32 heavy (non-hydrogen) atoms. The molecule has 3 aromatic carbocycles. The maximum atomic E-state index is 13.3. The number of hydrogen-bond acceptors (Lipinski definition) is 4. The Morgan fingerprint density at radius 1 is 0.969 bits per heavy atom. The number of carbonyl (C=O) groups excluding carboxylic acids is 1. The number of rotatable bonds is 4. The zero-order chi connectivity index (χ0) is 22.2. The van der Waals surface area contributed by atoms with Gasteiger partial charge in [-0.2, -0.15) is 0 Å². The summed E-state index contributed by atoms with van der Waals surface area (Å²) in [5.74, 6) is 0.469. The van der Waals surface area contributed by atoms with Crippen LogP contribution in [-0.2, 0) is 11.3 Å². The molecule has 0 fully saturated rings. The summed E-state index contributed by atoms with van der Waals surface area (Å²) < 4.78 is 16.7. The van der Waals surface area contributed by atoms with Gasteiger partial charge in [0, 0.05) is 18.2 Å². The third-order valence-electron chi connectivity index (χ3n) is 5.23. The molecule has 158 valence electrons. The number of carbonyl (C=O) groups is 1. The van der Waals surface area contributed by atoms with Crippen molar-refractivity contribution in [3.05, 3.63) is 94.5 Å². The van der Waals surface area contributed by atoms with Crippen molar-refractivity contribution in [1.82, 2.24) is 19.2 Å². The number of anilines is 1. The van der Waals surface area contributed by atoms with Crippen LogP contribution in [0, 0.1) is 5.82 Å². The summed E-state index contributed by atoms with van der Waals surface area (Å²) in [7, 11) is 0. The highest BCUT2D eigenvalue weighted by Crippen LogP contribution is 2.24. The number of nitrogens with zero attached hydrogens (tertiary/aromatic N) is 4. The average Bonchev–Trinajstić information content (AvgIpc) is 3.23. The lowest BCUT2D eigenvalue weighted by molar-refractivity contribution is -0.114. The lowest BCUT2D eigenvalue weighted by Crippen LogP contribution is -2.24. The van der Waals surface area contributed by atoms with E-state index in [1.807, 2.05) is 34.7 Å². The molecular weight excluding hydrogens is 409 g/mol. The quantitative estimate of drug-likeness (QED) is 0.472. The second-order valence-electron chi connectivity index (χ2n) is 7.45. The summed E-state index contributed by atoms with van der Waals surface area (Å²) in [6, 6.07) is 20.6. The van der Waals surface area contributed by atoms with Gasteiger partial charge in [0.15, 0.2) is 5.82 Å². The van der Waals surface area contributed by atoms with Crippen molar-refractivity contribution in [3.63, 3.8) is 0 Å². The molecule has 5 aromatic rings. The van der Waals surface area contributed by atoms with Gasteiger partial charge in [-0.3, -0.25) is 18.6 Å². The third kappa shape index (κ3) is 3.41. The van der Waals surface area contributed by atoms with Crippen molar-refractivity contribution in [2.24, 2.45) is 0 Å². The molecule has 1 N–H and O–H groups in total. The van der Waals surface area contributed by atoms with Gasteiger partial charge in [0.1, 0.15) is 5.82 Å². The molecule has 0 bridgehead atoms. The van der Waals surface area contributed by atoms with Crippen LogP contribution >= 0.6 is 0 Å². The Kier molecular flexibility index (Phi) is 4.74. The van der Waals surface area contributed by atoms with Crippen molar-refractivity contribution in [2.45, 2.75) is 13.5 Å². The summed E-state index contributed by atoms with van der Waals surface area (Å²) in [5, 5.41) is 12.0. The molecule has 2 heterocycles. The first kappa shape index (κ1) is 19.6. The van der Waals surface area contributed by atoms with Crippen molar-refractivity contribution in [1.29, 1.82) is 0 Å². The molecule has 7 nitrogen and oxygen atoms in total. The van der Waals surface area contributed by atoms with Gasteiger partial charge in [-0.1, -0.05) is 24.3 Å². The van der Waals surface area contributed by atoms with E-state index in [1.54, 1.807) is 30.3 Å². The van der Waals surface area contributed by atoms with Crippen molar-refractivity contribution >= 4 is 28.3 Å². The van der Waals surface area contributed by atoms with E-state index in [0.29, 0.717) is 28.2 Å². The molecule has 0 spiro atoms. The number of aromatic nitrogens is 4. The highest BCUT2D eigenvalue weighted by Gasteiger charge is 2.17. The molecule has 0 aliphatic rings. The number of para-hydroxylation sites is 1. The largest absolute Gasteiger partial charge is 0.326 e. The van der Waals surface area contributed by atoms with E-state index in [0.717, 1.165) is 11.1 Å². The van der Waals surface area contributed by atoms with Crippen LogP contribution in [0.4, 0.5) is 10.1 Å². The fourth-order valence-corrected chi connectivity index (χ4v) is 3.77. The second kappa shape index (κ2) is 7.73. The van der Waals surface area contributed by atoms with Crippen molar-refractivity contribution in [2.75, 3.05) is 5.32 Å². The maximum absolute atomic E-state index is 13.3. The van der Waals surface area contributed by atoms with Gasteiger partial charge in [0.05, 0.1) is 17.4 Å². The van der Waals surface area contributed by atoms with Gasteiger partial charge in [0.2, 0.25) is 11.7 Å². The molecule has 0 atom stereocenters. The number of benzene rings is 3. The van der Waals surface area contributed by atoms with E-state index in [9.17, 15) is 14.0 Å². The van der Waals surface area contributed by atoms with E-state index >= 15 is 0 Å². The van der Waals surface area contributed by atoms with E-state index in [2.05, 4.69) is 15.5 Å². The Morgan fingerprint density at radius 2 is 1.69 bits per heavy atom. The first-order chi connectivity index (χ1) is 15.5. The third-order valence-corrected chi connectivity index (χ3v) is 5.23. The van der Waals surface area contributed by atoms with Gasteiger partial charge in [-0.05, 0) is 54.1 Å². The van der Waals surface area contributed by atoms with Gasteiger partial charge in [0.25, 0.3) is 5.56 Å². The lowest BCUT2D eigenvalue weighted by Gasteiger charge is -2.12. The molecule has 2 aromatic heterocycles. The first-order valence-electron chi connectivity index (χ1n) is 10.0. The predicted octanol–water partition coefficient (Wildman–Crippen LogP) is 3.86. The minimum atomic E-state index is -0.336. The monoisotopic (exact) mass is 427 g/mol. The standard InChI is InChI=1S/C24H18FN5O2/c1-15(31)26-19-12-8-17(9-13-19)22-27-28-24-29(14-16-6-10-18(25)11-7-16)23(32)20-4-2-3-5-21(20)30(22)24/h2-13H,14H2,1H3,(H,26,31). The molecule has 0 aliphatic heterocycles. The SMILES string of the molecule is CC(=O)Nc1ccc(-c2nnc3n(Cc4ccc(F)cc4)c(=O)c4ccccc4n23)cc1. The van der Waals surface area contributed by atoms with E-state index in [1.165, 1.54) is 23.6 Å². The zero-order valence-electron chi connectivity index (χ0n) is 17.1. The first-order valence-corrected chi connectivity index (χ1v) is 10.0. The normalized spacial score (nSPS) is 11.2. The summed E-state index contributed by atoms with van der Waals surface area (Å²) >= 11 is 0. The molecular formula is C24H18FN5O2. The van der Waals surface area contributed by atoms with E-state index in [4.69, 9.17) is 0 Å². The Balaban J connectivity index is 1.71. The number of nitrogens with one attached hydrogen (secondary N) is 1. The Hall–Kier alpha value is -4.33. The lowest BCUT2D eigenvalue weighted by atomic mass is 10.1. The summed E-state index contributed by atoms with van der Waals surface area (Å²) in [5.41, 5.74) is 2.72. The highest BCUT2D eigenvalue weighted by molar-refractivity contribution is 5.89. The van der Waals surface area contributed by atoms with Crippen LogP contribution < -0.4 is 10.9 Å². The zero-order valence-corrected chi connectivity index (χ0v) is 17.1. The van der Waals surface area contributed by atoms with Crippen molar-refractivity contribution in [3.8, 4) is 11.4 Å². The average molecular weight is 427 g/mol. The molecule has 0 radical (unpaired) electrons. The van der Waals surface area contributed by atoms with Gasteiger partial charge in [-0.25, -0.2) is 4.39 Å². The fourth-order valence-electron chi connectivity index (χ4n) is 3.77. The van der Waals surface area contributed by atoms with Crippen LogP contribution in [0.3, 0.4) is 0 Å². The highest BCUT2D eigenvalue weighted by atomic mass is 19.1. The molecule has 8 heteroatoms. The Labute approximate surface area is 181 Å². The minimum Gasteiger partial charge on any atom is -0.326 e. The molecule has 0 aliphatic carbocycles. The van der Waals surface area contributed by atoms with E-state index in [-0.39, 0.29) is 23.8 Å². The van der Waals surface area contributed by atoms with Crippen LogP contribution in [0.25, 0.3) is 28.1 Å². The van der Waals surface area contributed by atoms with Gasteiger partial charge >= 0.3 is 0 Å². The number of amides is 1. The predicted molar refractivity (Wildman–Crippen MR) is 120 cm³/mol. The Morgan fingerprint density at radius 3 is 2.41 bits per heavy atom. The molecule has 1 amide bonds. The number of hydrogen-bond donors (Lipinski definition) is 1. The molecule has 5 rings (SSSR count). The summed E-state index contributed by atoms with van der Waals surface area (Å²) in [6.07, 6.45) is 0. The summed E-state index contributed by atoms with van der Waals surface area (Å²) in [4.78, 5) is 24.6. The fraction of sp³-hybridized carbons (Fsp3) is 0.0833. The van der Waals surface area contributed by atoms with Crippen LogP contribution in [0.2, 0.25) is 0 Å². The molecule has 0 saturated carbocycles. The summed E-state index contributed by atoms with van der Waals surface area (Å²) in [6.45, 7) is 1.68. The maximum Gasteiger partial charge on any atom is 0.263 e. The van der Waals surface area contributed by atoms with Crippen molar-refractivity contribution < 1.29 is 9.18 Å². The topological polar surface area (TPSA) is 81.3 Å². The van der Waals surface area contributed by atoms with Crippen LogP contribution in [-0.4, -0.2) is 25.1 Å².